The summed E-state index contributed by atoms with van der Waals surface area (Å²) < 4.78 is 0. The van der Waals surface area contributed by atoms with E-state index in [1.54, 1.807) is 0 Å². The molecular formula is C16H22ClNOS. The minimum atomic E-state index is -0.460. The average Bonchev–Trinajstić information content (AvgIpc) is 2.73. The zero-order valence-electron chi connectivity index (χ0n) is 12.1. The molecule has 1 aromatic rings. The molecule has 1 saturated heterocycles. The van der Waals surface area contributed by atoms with Crippen molar-refractivity contribution in [2.45, 2.75) is 25.5 Å². The Hall–Kier alpha value is -0.670. The normalized spacial score (nSPS) is 20.6. The third kappa shape index (κ3) is 3.70. The fourth-order valence-electron chi connectivity index (χ4n) is 2.39. The fraction of sp³-hybridized carbons (Fsp3) is 0.562. The maximum Gasteiger partial charge on any atom is 0.229 e. The van der Waals surface area contributed by atoms with Gasteiger partial charge in [-0.1, -0.05) is 30.3 Å². The van der Waals surface area contributed by atoms with Gasteiger partial charge in [0.25, 0.3) is 0 Å². The maximum atomic E-state index is 12.5. The van der Waals surface area contributed by atoms with Crippen molar-refractivity contribution < 1.29 is 4.79 Å². The van der Waals surface area contributed by atoms with Crippen LogP contribution in [0.1, 0.15) is 31.1 Å². The largest absolute Gasteiger partial charge is 0.341 e. The first-order valence-corrected chi connectivity index (χ1v) is 8.65. The van der Waals surface area contributed by atoms with Crippen molar-refractivity contribution in [2.24, 2.45) is 5.41 Å². The van der Waals surface area contributed by atoms with Crippen molar-refractivity contribution in [1.29, 1.82) is 0 Å². The van der Waals surface area contributed by atoms with Crippen molar-refractivity contribution in [1.82, 2.24) is 4.90 Å². The Bertz CT molecular complexity index is 449. The Labute approximate surface area is 130 Å². The average molecular weight is 312 g/mol. The second kappa shape index (κ2) is 6.86. The van der Waals surface area contributed by atoms with Gasteiger partial charge in [0.05, 0.1) is 5.41 Å². The highest BCUT2D eigenvalue weighted by Gasteiger charge is 2.32. The first kappa shape index (κ1) is 15.7. The summed E-state index contributed by atoms with van der Waals surface area (Å²) in [5.41, 5.74) is 0.905. The van der Waals surface area contributed by atoms with Gasteiger partial charge >= 0.3 is 0 Å². The summed E-state index contributed by atoms with van der Waals surface area (Å²) in [5, 5.41) is 0.494. The van der Waals surface area contributed by atoms with E-state index in [0.717, 1.165) is 25.3 Å². The molecule has 0 aliphatic carbocycles. The summed E-state index contributed by atoms with van der Waals surface area (Å²) in [7, 11) is 0. The van der Waals surface area contributed by atoms with Crippen molar-refractivity contribution >= 4 is 29.3 Å². The maximum absolute atomic E-state index is 12.5. The lowest BCUT2D eigenvalue weighted by molar-refractivity contribution is -0.139. The van der Waals surface area contributed by atoms with Gasteiger partial charge in [-0.3, -0.25) is 4.79 Å². The number of amides is 1. The summed E-state index contributed by atoms with van der Waals surface area (Å²) in [5.74, 6) is 1.54. The molecule has 1 aliphatic heterocycles. The highest BCUT2D eigenvalue weighted by molar-refractivity contribution is 7.99. The smallest absolute Gasteiger partial charge is 0.229 e. The molecule has 0 N–H and O–H groups in total. The van der Waals surface area contributed by atoms with Crippen LogP contribution < -0.4 is 0 Å². The Morgan fingerprint density at radius 2 is 2.05 bits per heavy atom. The molecule has 1 amide bonds. The number of rotatable bonds is 3. The Morgan fingerprint density at radius 1 is 1.35 bits per heavy atom. The second-order valence-corrected chi connectivity index (χ2v) is 7.45. The quantitative estimate of drug-likeness (QED) is 0.788. The van der Waals surface area contributed by atoms with Crippen LogP contribution in [0.3, 0.4) is 0 Å². The number of hydrogen-bond donors (Lipinski definition) is 0. The number of benzene rings is 1. The number of nitrogens with zero attached hydrogens (tertiary/aromatic N) is 1. The van der Waals surface area contributed by atoms with E-state index in [2.05, 4.69) is 24.3 Å². The molecule has 0 saturated carbocycles. The molecule has 4 heteroatoms. The van der Waals surface area contributed by atoms with Crippen LogP contribution in [-0.4, -0.2) is 35.5 Å². The van der Waals surface area contributed by atoms with Gasteiger partial charge in [-0.15, -0.1) is 11.6 Å². The van der Waals surface area contributed by atoms with Gasteiger partial charge in [0, 0.05) is 30.0 Å². The lowest BCUT2D eigenvalue weighted by Gasteiger charge is -2.29. The number of carbonyl (C=O) groups is 1. The number of halogens is 1. The van der Waals surface area contributed by atoms with Crippen molar-refractivity contribution in [3.8, 4) is 0 Å². The van der Waals surface area contributed by atoms with Gasteiger partial charge in [-0.05, 0) is 25.8 Å². The van der Waals surface area contributed by atoms with E-state index in [9.17, 15) is 4.79 Å². The molecule has 0 radical (unpaired) electrons. The molecule has 20 heavy (non-hydrogen) atoms. The number of hydrogen-bond acceptors (Lipinski definition) is 2. The minimum Gasteiger partial charge on any atom is -0.341 e. The first-order valence-electron chi connectivity index (χ1n) is 7.06. The topological polar surface area (TPSA) is 20.3 Å². The monoisotopic (exact) mass is 311 g/mol. The molecule has 0 aromatic heterocycles. The fourth-order valence-corrected chi connectivity index (χ4v) is 3.74. The van der Waals surface area contributed by atoms with Crippen LogP contribution in [0.25, 0.3) is 0 Å². The van der Waals surface area contributed by atoms with Crippen LogP contribution in [0.5, 0.6) is 0 Å². The Kier molecular flexibility index (Phi) is 5.39. The molecule has 110 valence electrons. The highest BCUT2D eigenvalue weighted by Crippen LogP contribution is 2.35. The predicted molar refractivity (Wildman–Crippen MR) is 87.3 cm³/mol. The summed E-state index contributed by atoms with van der Waals surface area (Å²) in [6.07, 6.45) is 1.01. The van der Waals surface area contributed by atoms with Gasteiger partial charge in [0.15, 0.2) is 0 Å². The molecule has 0 spiro atoms. The van der Waals surface area contributed by atoms with Crippen LogP contribution in [0.2, 0.25) is 0 Å². The minimum absolute atomic E-state index is 0.182. The summed E-state index contributed by atoms with van der Waals surface area (Å²) in [4.78, 5) is 14.5. The summed E-state index contributed by atoms with van der Waals surface area (Å²) in [6, 6.07) is 10.6. The molecule has 1 aliphatic rings. The van der Waals surface area contributed by atoms with Gasteiger partial charge in [0.1, 0.15) is 0 Å². The lowest BCUT2D eigenvalue weighted by Crippen LogP contribution is -2.43. The second-order valence-electron chi connectivity index (χ2n) is 5.87. The third-order valence-electron chi connectivity index (χ3n) is 3.71. The van der Waals surface area contributed by atoms with Crippen LogP contribution in [0, 0.1) is 5.41 Å². The van der Waals surface area contributed by atoms with Gasteiger partial charge in [-0.2, -0.15) is 11.8 Å². The molecule has 0 bridgehead atoms. The molecular weight excluding hydrogens is 290 g/mol. The van der Waals surface area contributed by atoms with Crippen molar-refractivity contribution in [3.63, 3.8) is 0 Å². The Balaban J connectivity index is 2.01. The van der Waals surface area contributed by atoms with Gasteiger partial charge in [-0.25, -0.2) is 0 Å². The third-order valence-corrected chi connectivity index (χ3v) is 5.71. The lowest BCUT2D eigenvalue weighted by atomic mass is 9.94. The van der Waals surface area contributed by atoms with Crippen LogP contribution >= 0.6 is 23.4 Å². The Morgan fingerprint density at radius 3 is 2.70 bits per heavy atom. The van der Waals surface area contributed by atoms with Gasteiger partial charge < -0.3 is 4.90 Å². The highest BCUT2D eigenvalue weighted by atomic mass is 35.5. The van der Waals surface area contributed by atoms with E-state index in [1.165, 1.54) is 5.56 Å². The molecule has 1 atom stereocenters. The molecule has 1 heterocycles. The standard InChI is InChI=1S/C16H22ClNOS/c1-16(2,12-17)15(19)18-9-8-14(20-11-10-18)13-6-4-3-5-7-13/h3-7,14H,8-12H2,1-2H3. The number of thioether (sulfide) groups is 1. The van der Waals surface area contributed by atoms with Crippen LogP contribution in [0.4, 0.5) is 0 Å². The molecule has 1 aromatic carbocycles. The van der Waals surface area contributed by atoms with E-state index < -0.39 is 5.41 Å². The predicted octanol–water partition coefficient (Wildman–Crippen LogP) is 3.96. The SMILES string of the molecule is CC(C)(CCl)C(=O)N1CCSC(c2ccccc2)CC1. The summed E-state index contributed by atoms with van der Waals surface area (Å²) >= 11 is 7.87. The molecule has 2 nitrogen and oxygen atoms in total. The molecule has 1 unspecified atom stereocenters. The van der Waals surface area contributed by atoms with Crippen LogP contribution in [-0.2, 0) is 4.79 Å². The van der Waals surface area contributed by atoms with E-state index in [4.69, 9.17) is 11.6 Å². The van der Waals surface area contributed by atoms with E-state index in [1.807, 2.05) is 36.6 Å². The summed E-state index contributed by atoms with van der Waals surface area (Å²) in [6.45, 7) is 5.50. The number of alkyl halides is 1. The van der Waals surface area contributed by atoms with Crippen molar-refractivity contribution in [2.75, 3.05) is 24.7 Å². The number of carbonyl (C=O) groups excluding carboxylic acids is 1. The van der Waals surface area contributed by atoms with E-state index >= 15 is 0 Å². The first-order chi connectivity index (χ1) is 9.54. The van der Waals surface area contributed by atoms with Gasteiger partial charge in [0.2, 0.25) is 5.91 Å². The van der Waals surface area contributed by atoms with Crippen LogP contribution in [0.15, 0.2) is 30.3 Å². The van der Waals surface area contributed by atoms with E-state index in [0.29, 0.717) is 11.1 Å². The molecule has 1 fully saturated rings. The van der Waals surface area contributed by atoms with E-state index in [-0.39, 0.29) is 5.91 Å². The van der Waals surface area contributed by atoms with Crippen molar-refractivity contribution in [3.05, 3.63) is 35.9 Å². The zero-order valence-corrected chi connectivity index (χ0v) is 13.7. The molecule has 2 rings (SSSR count). The zero-order chi connectivity index (χ0) is 14.6.